The van der Waals surface area contributed by atoms with Gasteiger partial charge in [-0.25, -0.2) is 0 Å². The molecule has 1 aromatic heterocycles. The first-order chi connectivity index (χ1) is 8.08. The lowest BCUT2D eigenvalue weighted by molar-refractivity contribution is 0.475. The zero-order valence-electron chi connectivity index (χ0n) is 9.01. The van der Waals surface area contributed by atoms with E-state index in [9.17, 15) is 9.90 Å². The van der Waals surface area contributed by atoms with Crippen LogP contribution in [-0.2, 0) is 6.54 Å². The van der Waals surface area contributed by atoms with E-state index in [1.54, 1.807) is 12.1 Å². The molecule has 0 aliphatic carbocycles. The quantitative estimate of drug-likeness (QED) is 0.882. The van der Waals surface area contributed by atoms with E-state index >= 15 is 0 Å². The Labute approximate surface area is 111 Å². The summed E-state index contributed by atoms with van der Waals surface area (Å²) < 4.78 is -0.0933. The van der Waals surface area contributed by atoms with Gasteiger partial charge in [0.2, 0.25) is 0 Å². The third kappa shape index (κ3) is 2.80. The van der Waals surface area contributed by atoms with Gasteiger partial charge in [-0.2, -0.15) is 0 Å². The summed E-state index contributed by atoms with van der Waals surface area (Å²) in [6.45, 7) is 0.646. The van der Waals surface area contributed by atoms with Crippen molar-refractivity contribution in [1.82, 2.24) is 0 Å². The summed E-state index contributed by atoms with van der Waals surface area (Å²) in [6.07, 6.45) is 0. The molecule has 0 spiro atoms. The molecule has 1 aromatic carbocycles. The normalized spacial score (nSPS) is 10.5. The summed E-state index contributed by atoms with van der Waals surface area (Å²) in [5.74, 6) is 0.245. The highest BCUT2D eigenvalue weighted by Crippen LogP contribution is 2.31. The van der Waals surface area contributed by atoms with Crippen molar-refractivity contribution in [3.8, 4) is 5.75 Å². The molecular formula is C11H10ClNO2S2. The van der Waals surface area contributed by atoms with Gasteiger partial charge in [0.25, 0.3) is 4.74 Å². The summed E-state index contributed by atoms with van der Waals surface area (Å²) in [4.78, 5) is 13.2. The van der Waals surface area contributed by atoms with Crippen LogP contribution >= 0.6 is 32.3 Å². The molecule has 1 N–H and O–H groups in total. The van der Waals surface area contributed by atoms with Crippen LogP contribution in [0, 0.1) is 0 Å². The molecule has 0 radical (unpaired) electrons. The molecule has 0 saturated heterocycles. The highest BCUT2D eigenvalue weighted by Gasteiger charge is 2.12. The molecule has 6 heteroatoms. The Hall–Kier alpha value is -1.04. The second kappa shape index (κ2) is 5.08. The second-order valence-electron chi connectivity index (χ2n) is 3.60. The molecule has 2 rings (SSSR count). The molecular weight excluding hydrogens is 278 g/mol. The van der Waals surface area contributed by atoms with Crippen molar-refractivity contribution in [1.29, 1.82) is 0 Å². The molecule has 0 amide bonds. The van der Waals surface area contributed by atoms with Gasteiger partial charge in [-0.05, 0) is 28.0 Å². The monoisotopic (exact) mass is 287 g/mol. The number of hydrogen-bond donors (Lipinski definition) is 1. The minimum Gasteiger partial charge on any atom is -0.508 e. The number of benzene rings is 1. The van der Waals surface area contributed by atoms with Gasteiger partial charge in [0.1, 0.15) is 15.8 Å². The predicted octanol–water partition coefficient (Wildman–Crippen LogP) is 3.17. The van der Waals surface area contributed by atoms with Crippen molar-refractivity contribution in [2.45, 2.75) is 6.54 Å². The zero-order chi connectivity index (χ0) is 12.4. The molecule has 2 aromatic rings. The smallest absolute Gasteiger partial charge is 0.263 e. The SMILES string of the molecule is CN(Cc1ccc(O)cc1)c1ssc(=O)c1Cl. The van der Waals surface area contributed by atoms with Crippen molar-refractivity contribution < 1.29 is 5.11 Å². The van der Waals surface area contributed by atoms with Crippen LogP contribution < -0.4 is 9.64 Å². The summed E-state index contributed by atoms with van der Waals surface area (Å²) in [7, 11) is 4.41. The van der Waals surface area contributed by atoms with E-state index in [4.69, 9.17) is 11.6 Å². The number of nitrogens with zero attached hydrogens (tertiary/aromatic N) is 1. The Morgan fingerprint density at radius 2 is 1.94 bits per heavy atom. The van der Waals surface area contributed by atoms with E-state index in [1.165, 1.54) is 10.3 Å². The number of hydrogen-bond acceptors (Lipinski definition) is 5. The van der Waals surface area contributed by atoms with Crippen molar-refractivity contribution >= 4 is 37.3 Å². The van der Waals surface area contributed by atoms with E-state index in [0.717, 1.165) is 20.9 Å². The van der Waals surface area contributed by atoms with E-state index in [1.807, 2.05) is 24.1 Å². The van der Waals surface area contributed by atoms with Gasteiger partial charge in [-0.15, -0.1) is 0 Å². The van der Waals surface area contributed by atoms with Crippen LogP contribution in [-0.4, -0.2) is 12.2 Å². The van der Waals surface area contributed by atoms with Gasteiger partial charge in [0.05, 0.1) is 0 Å². The number of phenolic OH excluding ortho intramolecular Hbond substituents is 1. The maximum absolute atomic E-state index is 11.3. The minimum absolute atomic E-state index is 0.0933. The molecule has 0 saturated carbocycles. The number of phenols is 1. The van der Waals surface area contributed by atoms with Gasteiger partial charge in [-0.3, -0.25) is 4.79 Å². The summed E-state index contributed by atoms with van der Waals surface area (Å²) in [5.41, 5.74) is 1.05. The van der Waals surface area contributed by atoms with Gasteiger partial charge in [0, 0.05) is 13.6 Å². The fourth-order valence-corrected chi connectivity index (χ4v) is 4.16. The highest BCUT2D eigenvalue weighted by molar-refractivity contribution is 7.70. The fraction of sp³-hybridized carbons (Fsp3) is 0.182. The van der Waals surface area contributed by atoms with Gasteiger partial charge in [-0.1, -0.05) is 34.1 Å². The fourth-order valence-electron chi connectivity index (χ4n) is 1.42. The molecule has 17 heavy (non-hydrogen) atoms. The first-order valence-electron chi connectivity index (χ1n) is 4.85. The van der Waals surface area contributed by atoms with Gasteiger partial charge in [0.15, 0.2) is 0 Å². The summed E-state index contributed by atoms with van der Waals surface area (Å²) >= 11 is 5.92. The zero-order valence-corrected chi connectivity index (χ0v) is 11.4. The molecule has 0 fully saturated rings. The maximum Gasteiger partial charge on any atom is 0.263 e. The topological polar surface area (TPSA) is 40.5 Å². The Kier molecular flexibility index (Phi) is 3.71. The van der Waals surface area contributed by atoms with Crippen molar-refractivity contribution in [2.24, 2.45) is 0 Å². The van der Waals surface area contributed by atoms with E-state index < -0.39 is 0 Å². The number of aromatic hydroxyl groups is 1. The summed E-state index contributed by atoms with van der Waals surface area (Å²) in [5, 5.41) is 10.3. The number of anilines is 1. The standard InChI is InChI=1S/C11H10ClNO2S2/c1-13(10-9(12)11(15)17-16-10)6-7-2-4-8(14)5-3-7/h2-5,14H,6H2,1H3. The first kappa shape index (κ1) is 12.4. The van der Waals surface area contributed by atoms with Crippen molar-refractivity contribution in [2.75, 3.05) is 11.9 Å². The molecule has 3 nitrogen and oxygen atoms in total. The van der Waals surface area contributed by atoms with Crippen LogP contribution in [0.5, 0.6) is 5.75 Å². The molecule has 0 atom stereocenters. The molecule has 0 bridgehead atoms. The molecule has 0 aliphatic rings. The van der Waals surface area contributed by atoms with Gasteiger partial charge < -0.3 is 10.0 Å². The van der Waals surface area contributed by atoms with Crippen LogP contribution in [0.3, 0.4) is 0 Å². The van der Waals surface area contributed by atoms with Crippen LogP contribution in [0.15, 0.2) is 29.1 Å². The lowest BCUT2D eigenvalue weighted by Crippen LogP contribution is -2.16. The van der Waals surface area contributed by atoms with Gasteiger partial charge >= 0.3 is 0 Å². The number of halogens is 1. The van der Waals surface area contributed by atoms with E-state index in [-0.39, 0.29) is 10.5 Å². The van der Waals surface area contributed by atoms with Crippen molar-refractivity contribution in [3.63, 3.8) is 0 Å². The minimum atomic E-state index is -0.0933. The van der Waals surface area contributed by atoms with Crippen molar-refractivity contribution in [3.05, 3.63) is 44.4 Å². The average Bonchev–Trinajstić information content (AvgIpc) is 2.63. The lowest BCUT2D eigenvalue weighted by atomic mass is 10.2. The molecule has 90 valence electrons. The maximum atomic E-state index is 11.3. The Bertz CT molecular complexity index is 562. The van der Waals surface area contributed by atoms with E-state index in [2.05, 4.69) is 0 Å². The Morgan fingerprint density at radius 3 is 2.47 bits per heavy atom. The van der Waals surface area contributed by atoms with Crippen LogP contribution in [0.1, 0.15) is 5.56 Å². The van der Waals surface area contributed by atoms with Crippen LogP contribution in [0.4, 0.5) is 5.00 Å². The molecule has 0 unspecified atom stereocenters. The third-order valence-electron chi connectivity index (χ3n) is 2.27. The lowest BCUT2D eigenvalue weighted by Gasteiger charge is -2.17. The first-order valence-corrected chi connectivity index (χ1v) is 7.38. The molecule has 1 heterocycles. The number of rotatable bonds is 3. The van der Waals surface area contributed by atoms with Crippen LogP contribution in [0.25, 0.3) is 0 Å². The second-order valence-corrected chi connectivity index (χ2v) is 6.06. The molecule has 0 aliphatic heterocycles. The average molecular weight is 288 g/mol. The predicted molar refractivity (Wildman–Crippen MR) is 73.7 cm³/mol. The van der Waals surface area contributed by atoms with E-state index in [0.29, 0.717) is 11.6 Å². The highest BCUT2D eigenvalue weighted by atomic mass is 35.5. The Balaban J connectivity index is 2.17. The third-order valence-corrected chi connectivity index (χ3v) is 5.13. The van der Waals surface area contributed by atoms with Crippen LogP contribution in [0.2, 0.25) is 5.02 Å². The Morgan fingerprint density at radius 1 is 1.29 bits per heavy atom. The largest absolute Gasteiger partial charge is 0.508 e. The summed E-state index contributed by atoms with van der Waals surface area (Å²) in [6, 6.07) is 6.96.